The topological polar surface area (TPSA) is 78.4 Å². The highest BCUT2D eigenvalue weighted by molar-refractivity contribution is 14.0. The van der Waals surface area contributed by atoms with Crippen molar-refractivity contribution in [2.75, 3.05) is 25.5 Å². The van der Waals surface area contributed by atoms with Crippen LogP contribution in [0.3, 0.4) is 0 Å². The highest BCUT2D eigenvalue weighted by atomic mass is 127. The number of rotatable bonds is 6. The molecule has 0 unspecified atom stereocenters. The first-order chi connectivity index (χ1) is 11.7. The van der Waals surface area contributed by atoms with Crippen LogP contribution in [-0.4, -0.2) is 37.0 Å². The van der Waals surface area contributed by atoms with Gasteiger partial charge in [0.15, 0.2) is 5.96 Å². The number of aliphatic imine (C=N–C) groups is 1. The van der Waals surface area contributed by atoms with Crippen molar-refractivity contribution < 1.29 is 4.79 Å². The van der Waals surface area contributed by atoms with Gasteiger partial charge in [-0.15, -0.1) is 24.0 Å². The summed E-state index contributed by atoms with van der Waals surface area (Å²) in [5.74, 6) is 0.436. The van der Waals surface area contributed by atoms with Crippen molar-refractivity contribution in [3.05, 3.63) is 59.4 Å². The summed E-state index contributed by atoms with van der Waals surface area (Å²) in [6, 6.07) is 13.0. The van der Waals surface area contributed by atoms with Crippen LogP contribution in [-0.2, 0) is 11.2 Å². The van der Waals surface area contributed by atoms with Crippen LogP contribution < -0.4 is 16.0 Å². The second-order valence-corrected chi connectivity index (χ2v) is 5.39. The number of anilines is 1. The first-order valence-electron chi connectivity index (χ1n) is 7.57. The Morgan fingerprint density at radius 3 is 2.56 bits per heavy atom. The van der Waals surface area contributed by atoms with Crippen molar-refractivity contribution in [2.45, 2.75) is 6.42 Å². The molecule has 0 atom stereocenters. The fraction of sp³-hybridized carbons (Fsp3) is 0.235. The lowest BCUT2D eigenvalue weighted by molar-refractivity contribution is -0.115. The highest BCUT2D eigenvalue weighted by Crippen LogP contribution is 2.05. The van der Waals surface area contributed by atoms with Gasteiger partial charge < -0.3 is 16.0 Å². The quantitative estimate of drug-likeness (QED) is 0.261. The fourth-order valence-electron chi connectivity index (χ4n) is 1.99. The number of benzene rings is 1. The summed E-state index contributed by atoms with van der Waals surface area (Å²) in [5, 5.41) is 9.41. The van der Waals surface area contributed by atoms with E-state index in [1.54, 1.807) is 19.3 Å². The summed E-state index contributed by atoms with van der Waals surface area (Å²) in [7, 11) is 1.66. The minimum atomic E-state index is -0.133. The van der Waals surface area contributed by atoms with Gasteiger partial charge in [-0.25, -0.2) is 4.98 Å². The number of guanidine groups is 1. The Bertz CT molecular complexity index is 679. The standard InChI is InChI=1S/C17H20ClN5O.HI/c1-19-17(20-10-9-13-7-8-15(18)21-11-13)22-12-16(24)23-14-5-3-2-4-6-14;/h2-8,11H,9-10,12H2,1H3,(H,23,24)(H2,19,20,22);1H. The lowest BCUT2D eigenvalue weighted by Gasteiger charge is -2.12. The smallest absolute Gasteiger partial charge is 0.243 e. The molecule has 0 aliphatic carbocycles. The number of aromatic nitrogens is 1. The van der Waals surface area contributed by atoms with Gasteiger partial charge in [-0.05, 0) is 30.2 Å². The van der Waals surface area contributed by atoms with Crippen LogP contribution in [0.5, 0.6) is 0 Å². The van der Waals surface area contributed by atoms with Gasteiger partial charge in [0.1, 0.15) is 5.15 Å². The van der Waals surface area contributed by atoms with E-state index in [4.69, 9.17) is 11.6 Å². The molecule has 134 valence electrons. The van der Waals surface area contributed by atoms with Crippen LogP contribution in [0.15, 0.2) is 53.7 Å². The molecule has 0 spiro atoms. The molecule has 25 heavy (non-hydrogen) atoms. The molecule has 1 aromatic carbocycles. The molecule has 2 aromatic rings. The fourth-order valence-corrected chi connectivity index (χ4v) is 2.10. The molecule has 0 saturated carbocycles. The van der Waals surface area contributed by atoms with E-state index in [2.05, 4.69) is 25.9 Å². The van der Waals surface area contributed by atoms with Gasteiger partial charge in [-0.3, -0.25) is 9.79 Å². The molecule has 3 N–H and O–H groups in total. The molecule has 6 nitrogen and oxygen atoms in total. The molecule has 0 fully saturated rings. The lowest BCUT2D eigenvalue weighted by atomic mass is 10.2. The normalized spacial score (nSPS) is 10.6. The number of amides is 1. The summed E-state index contributed by atoms with van der Waals surface area (Å²) in [6.07, 6.45) is 2.52. The predicted octanol–water partition coefficient (Wildman–Crippen LogP) is 2.70. The van der Waals surface area contributed by atoms with Gasteiger partial charge in [0.25, 0.3) is 0 Å². The number of pyridine rings is 1. The van der Waals surface area contributed by atoms with Crippen LogP contribution in [0.25, 0.3) is 0 Å². The zero-order valence-corrected chi connectivity index (χ0v) is 16.9. The van der Waals surface area contributed by atoms with Crippen LogP contribution in [0.2, 0.25) is 5.15 Å². The number of nitrogens with zero attached hydrogens (tertiary/aromatic N) is 2. The number of hydrogen-bond donors (Lipinski definition) is 3. The van der Waals surface area contributed by atoms with Crippen LogP contribution in [0.4, 0.5) is 5.69 Å². The van der Waals surface area contributed by atoms with Crippen LogP contribution in [0, 0.1) is 0 Å². The van der Waals surface area contributed by atoms with Gasteiger partial charge in [-0.2, -0.15) is 0 Å². The third-order valence-corrected chi connectivity index (χ3v) is 3.42. The molecule has 2 rings (SSSR count). The van der Waals surface area contributed by atoms with Crippen molar-refractivity contribution in [3.63, 3.8) is 0 Å². The monoisotopic (exact) mass is 473 g/mol. The number of halogens is 2. The molecule has 0 aliphatic rings. The Balaban J connectivity index is 0.00000312. The summed E-state index contributed by atoms with van der Waals surface area (Å²) in [5.41, 5.74) is 1.84. The van der Waals surface area contributed by atoms with E-state index >= 15 is 0 Å². The minimum absolute atomic E-state index is 0. The van der Waals surface area contributed by atoms with E-state index < -0.39 is 0 Å². The maximum Gasteiger partial charge on any atom is 0.243 e. The maximum atomic E-state index is 11.9. The molecule has 1 amide bonds. The van der Waals surface area contributed by atoms with Crippen molar-refractivity contribution >= 4 is 53.1 Å². The molecule has 0 saturated heterocycles. The Hall–Kier alpha value is -1.87. The average Bonchev–Trinajstić information content (AvgIpc) is 2.60. The number of carbonyl (C=O) groups is 1. The number of para-hydroxylation sites is 1. The first-order valence-corrected chi connectivity index (χ1v) is 7.95. The maximum absolute atomic E-state index is 11.9. The molecule has 1 heterocycles. The van der Waals surface area contributed by atoms with Crippen molar-refractivity contribution in [2.24, 2.45) is 4.99 Å². The van der Waals surface area contributed by atoms with Crippen LogP contribution >= 0.6 is 35.6 Å². The molecular weight excluding hydrogens is 453 g/mol. The third kappa shape index (κ3) is 8.17. The molecule has 0 radical (unpaired) electrons. The first kappa shape index (κ1) is 21.2. The van der Waals surface area contributed by atoms with Crippen LogP contribution in [0.1, 0.15) is 5.56 Å². The summed E-state index contributed by atoms with van der Waals surface area (Å²) in [4.78, 5) is 20.0. The SMILES string of the molecule is CN=C(NCCc1ccc(Cl)nc1)NCC(=O)Nc1ccccc1.I. The lowest BCUT2D eigenvalue weighted by Crippen LogP contribution is -2.42. The highest BCUT2D eigenvalue weighted by Gasteiger charge is 2.04. The Labute approximate surface area is 169 Å². The zero-order valence-electron chi connectivity index (χ0n) is 13.8. The van der Waals surface area contributed by atoms with Gasteiger partial charge in [-0.1, -0.05) is 35.9 Å². The summed E-state index contributed by atoms with van der Waals surface area (Å²) in [6.45, 7) is 0.806. The van der Waals surface area contributed by atoms with E-state index in [0.717, 1.165) is 17.7 Å². The Morgan fingerprint density at radius 1 is 1.16 bits per heavy atom. The second kappa shape index (κ2) is 11.6. The van der Waals surface area contributed by atoms with Gasteiger partial charge in [0, 0.05) is 25.5 Å². The molecule has 1 aromatic heterocycles. The second-order valence-electron chi connectivity index (χ2n) is 5.01. The molecular formula is C17H21ClIN5O. The molecule has 0 aliphatic heterocycles. The van der Waals surface area contributed by atoms with Gasteiger partial charge in [0.05, 0.1) is 6.54 Å². The number of hydrogen-bond acceptors (Lipinski definition) is 3. The number of carbonyl (C=O) groups excluding carboxylic acids is 1. The Morgan fingerprint density at radius 2 is 1.92 bits per heavy atom. The van der Waals surface area contributed by atoms with Crippen molar-refractivity contribution in [3.8, 4) is 0 Å². The largest absolute Gasteiger partial charge is 0.356 e. The predicted molar refractivity (Wildman–Crippen MR) is 113 cm³/mol. The Kier molecular flexibility index (Phi) is 9.86. The third-order valence-electron chi connectivity index (χ3n) is 3.19. The van der Waals surface area contributed by atoms with Crippen molar-refractivity contribution in [1.29, 1.82) is 0 Å². The van der Waals surface area contributed by atoms with Gasteiger partial charge in [0.2, 0.25) is 5.91 Å². The zero-order chi connectivity index (χ0) is 17.2. The van der Waals surface area contributed by atoms with E-state index in [9.17, 15) is 4.79 Å². The van der Waals surface area contributed by atoms with E-state index in [-0.39, 0.29) is 36.4 Å². The van der Waals surface area contributed by atoms with Crippen molar-refractivity contribution in [1.82, 2.24) is 15.6 Å². The molecule has 0 bridgehead atoms. The van der Waals surface area contributed by atoms with E-state index in [1.165, 1.54) is 0 Å². The number of nitrogens with one attached hydrogen (secondary N) is 3. The van der Waals surface area contributed by atoms with E-state index in [0.29, 0.717) is 17.7 Å². The molecule has 8 heteroatoms. The van der Waals surface area contributed by atoms with E-state index in [1.807, 2.05) is 36.4 Å². The van der Waals surface area contributed by atoms with Gasteiger partial charge >= 0.3 is 0 Å². The summed E-state index contributed by atoms with van der Waals surface area (Å²) < 4.78 is 0. The minimum Gasteiger partial charge on any atom is -0.356 e. The average molecular weight is 474 g/mol. The summed E-state index contributed by atoms with van der Waals surface area (Å²) >= 11 is 5.75.